The molecule has 0 saturated carbocycles. The van der Waals surface area contributed by atoms with Crippen LogP contribution in [-0.2, 0) is 19.1 Å². The molecule has 0 radical (unpaired) electrons. The first-order valence-electron chi connectivity index (χ1n) is 1.48. The summed E-state index contributed by atoms with van der Waals surface area (Å²) in [6.07, 6.45) is 0. The average molecular weight is 402 g/mol. The molecule has 0 aliphatic carbocycles. The Kier molecular flexibility index (Phi) is 11.7. The summed E-state index contributed by atoms with van der Waals surface area (Å²) in [5.74, 6) is 0. The van der Waals surface area contributed by atoms with Crippen LogP contribution in [0.3, 0.4) is 0 Å². The summed E-state index contributed by atoms with van der Waals surface area (Å²) < 4.78 is 19.4. The maximum absolute atomic E-state index is 9.68. The fourth-order valence-electron chi connectivity index (χ4n) is 0.0995. The summed E-state index contributed by atoms with van der Waals surface area (Å²) in [6.45, 7) is 0. The molecular formula is C3LiN2O2RfS-. The number of nitrogens with zero attached hydrogens (tertiary/aromatic N) is 2. The fourth-order valence-corrected chi connectivity index (χ4v) is 0.249. The molecule has 0 atom stereocenters. The Hall–Kier alpha value is -1.60. The summed E-state index contributed by atoms with van der Waals surface area (Å²) in [7, 11) is -2.66. The SMILES string of the molecule is N#C[C-](C#N)[S-](=O)=O.[Li+].[Rf]. The normalized spacial score (nSPS) is 5.90. The van der Waals surface area contributed by atoms with Crippen LogP contribution in [0.25, 0.3) is 0 Å². The van der Waals surface area contributed by atoms with Crippen LogP contribution in [0.15, 0.2) is 0 Å². The van der Waals surface area contributed by atoms with Gasteiger partial charge in [0.05, 0.1) is 0 Å². The van der Waals surface area contributed by atoms with Crippen LogP contribution in [0, 0.1) is 27.9 Å². The van der Waals surface area contributed by atoms with Gasteiger partial charge in [0.2, 0.25) is 0 Å². The van der Waals surface area contributed by atoms with Gasteiger partial charge < -0.3 is 8.42 Å². The van der Waals surface area contributed by atoms with E-state index in [2.05, 4.69) is 0 Å². The van der Waals surface area contributed by atoms with Gasteiger partial charge >= 0.3 is 18.9 Å². The summed E-state index contributed by atoms with van der Waals surface area (Å²) in [6, 6.07) is 2.39. The van der Waals surface area contributed by atoms with Crippen molar-refractivity contribution >= 4 is 10.7 Å². The number of rotatable bonds is 1. The van der Waals surface area contributed by atoms with E-state index < -0.39 is 16.0 Å². The molecule has 0 heterocycles. The molecule has 7 heteroatoms. The summed E-state index contributed by atoms with van der Waals surface area (Å²) in [5.41, 5.74) is 0. The number of nitriles is 2. The zero-order valence-corrected chi connectivity index (χ0v) is 12.5. The molecule has 0 rings (SSSR count). The molecule has 0 amide bonds. The maximum atomic E-state index is 9.68. The van der Waals surface area contributed by atoms with Gasteiger partial charge in [0.15, 0.2) is 0 Å². The van der Waals surface area contributed by atoms with E-state index in [1.54, 1.807) is 0 Å². The van der Waals surface area contributed by atoms with Gasteiger partial charge in [-0.25, -0.2) is 15.8 Å². The van der Waals surface area contributed by atoms with Gasteiger partial charge in [-0.05, 0) is 0 Å². The molecule has 0 spiro atoms. The van der Waals surface area contributed by atoms with Crippen LogP contribution in [0.1, 0.15) is 0 Å². The van der Waals surface area contributed by atoms with Crippen LogP contribution in [0.4, 0.5) is 0 Å². The first-order valence-corrected chi connectivity index (χ1v) is 2.56. The molecule has 0 unspecified atom stereocenters. The monoisotopic (exact) mass is 402 g/mol. The Morgan fingerprint density at radius 1 is 1.20 bits per heavy atom. The zero-order valence-electron chi connectivity index (χ0n) is 5.33. The van der Waals surface area contributed by atoms with Crippen LogP contribution in [0.5, 0.6) is 0 Å². The summed E-state index contributed by atoms with van der Waals surface area (Å²) >= 11 is 0. The topological polar surface area (TPSA) is 81.7 Å². The minimum Gasteiger partial charge on any atom is -0.452 e. The van der Waals surface area contributed by atoms with Crippen molar-refractivity contribution in [3.05, 3.63) is 5.25 Å². The molecule has 4 nitrogen and oxygen atoms in total. The molecule has 0 aliphatic heterocycles. The minimum absolute atomic E-state index is 0. The van der Waals surface area contributed by atoms with E-state index in [4.69, 9.17) is 10.5 Å². The number of hydrogen-bond acceptors (Lipinski definition) is 5. The van der Waals surface area contributed by atoms with E-state index in [9.17, 15) is 8.42 Å². The van der Waals surface area contributed by atoms with E-state index in [1.165, 1.54) is 12.1 Å². The van der Waals surface area contributed by atoms with Crippen LogP contribution < -0.4 is 18.9 Å². The van der Waals surface area contributed by atoms with Crippen molar-refractivity contribution in [2.75, 3.05) is 0 Å². The molecule has 0 fully saturated rings. The summed E-state index contributed by atoms with van der Waals surface area (Å²) in [5, 5.41) is 14.8. The third-order valence-corrected chi connectivity index (χ3v) is 0.886. The predicted octanol–water partition coefficient (Wildman–Crippen LogP) is -3.12. The molecule has 44 valence electrons. The van der Waals surface area contributed by atoms with Gasteiger partial charge in [-0.15, -0.1) is 12.1 Å². The maximum Gasteiger partial charge on any atom is 1.00 e. The average Bonchev–Trinajstić information content (AvgIpc) is 1.69. The molecule has 10 heavy (non-hydrogen) atoms. The smallest absolute Gasteiger partial charge is 0.452 e. The van der Waals surface area contributed by atoms with Crippen LogP contribution in [0.2, 0.25) is 0 Å². The molecule has 0 saturated heterocycles. The Bertz CT molecular complexity index is 206. The molecule has 0 aliphatic rings. The number of hydrogen-bond donors (Lipinski definition) is 0. The van der Waals surface area contributed by atoms with E-state index >= 15 is 0 Å². The van der Waals surface area contributed by atoms with Crippen molar-refractivity contribution in [2.24, 2.45) is 0 Å². The van der Waals surface area contributed by atoms with E-state index in [0.29, 0.717) is 0 Å². The molecule has 0 aromatic carbocycles. The third kappa shape index (κ3) is 4.55. The molecule has 0 aromatic rings. The Balaban J connectivity index is -0.000000245. The second-order valence-corrected chi connectivity index (χ2v) is 1.67. The van der Waals surface area contributed by atoms with Gasteiger partial charge in [-0.3, -0.25) is 0 Å². The predicted molar refractivity (Wildman–Crippen MR) is 23.2 cm³/mol. The van der Waals surface area contributed by atoms with Crippen LogP contribution in [-0.4, -0.2) is 0 Å². The second-order valence-electron chi connectivity index (χ2n) is 0.787. The molecule has 0 aromatic heterocycles. The van der Waals surface area contributed by atoms with E-state index in [-0.39, 0.29) is 18.9 Å². The van der Waals surface area contributed by atoms with Gasteiger partial charge in [0, 0.05) is 0 Å². The Morgan fingerprint density at radius 2 is 1.50 bits per heavy atom. The van der Waals surface area contributed by atoms with E-state index in [1.807, 2.05) is 0 Å². The summed E-state index contributed by atoms with van der Waals surface area (Å²) in [4.78, 5) is 0. The zero-order chi connectivity index (χ0) is 6.57. The van der Waals surface area contributed by atoms with Crippen molar-refractivity contribution < 1.29 is 27.3 Å². The Labute approximate surface area is 66.2 Å². The van der Waals surface area contributed by atoms with Gasteiger partial charge in [-0.2, -0.15) is 10.7 Å². The van der Waals surface area contributed by atoms with Gasteiger partial charge in [0.25, 0.3) is 0 Å². The van der Waals surface area contributed by atoms with Crippen molar-refractivity contribution in [3.63, 3.8) is 0 Å². The fraction of sp³-hybridized carbons (Fsp3) is 0. The van der Waals surface area contributed by atoms with Crippen molar-refractivity contribution in [3.8, 4) is 12.1 Å². The molecule has 0 N–H and O–H groups in total. The van der Waals surface area contributed by atoms with Gasteiger partial charge in [0.1, 0.15) is 0 Å². The largest absolute Gasteiger partial charge is 1.00 e. The molecular weight excluding hydrogens is 402 g/mol. The van der Waals surface area contributed by atoms with Gasteiger partial charge in [-0.1, -0.05) is 0 Å². The quantitative estimate of drug-likeness (QED) is 0.264. The van der Waals surface area contributed by atoms with Crippen molar-refractivity contribution in [2.45, 2.75) is 0 Å². The van der Waals surface area contributed by atoms with Crippen molar-refractivity contribution in [1.29, 1.82) is 10.5 Å². The van der Waals surface area contributed by atoms with Crippen molar-refractivity contribution in [1.82, 2.24) is 0 Å². The molecule has 0 bridgehead atoms. The third-order valence-electron chi connectivity index (χ3n) is 0.370. The first kappa shape index (κ1) is 15.8. The minimum atomic E-state index is -2.66. The van der Waals surface area contributed by atoms with E-state index in [0.717, 1.165) is 0 Å². The Morgan fingerprint density at radius 3 is 1.50 bits per heavy atom. The second kappa shape index (κ2) is 7.40. The standard InChI is InChI=1S/C3N2O2S.Li.Rf/c4-1-3(2-5)8(6)7;;/q-2;+1;. The van der Waals surface area contributed by atoms with Crippen LogP contribution >= 0.6 is 0 Å². The first-order chi connectivity index (χ1) is 3.72.